The van der Waals surface area contributed by atoms with Gasteiger partial charge in [0.25, 0.3) is 0 Å². The molecule has 0 spiro atoms. The number of ether oxygens (including phenoxy) is 5. The highest BCUT2D eigenvalue weighted by Gasteiger charge is 2.52. The van der Waals surface area contributed by atoms with Crippen molar-refractivity contribution in [2.24, 2.45) is 5.92 Å². The molecule has 3 heterocycles. The molecule has 12 heteroatoms. The Kier molecular flexibility index (Phi) is 10.3. The largest absolute Gasteiger partial charge is 0.394 e. The van der Waals surface area contributed by atoms with Gasteiger partial charge in [0, 0.05) is 5.92 Å². The highest BCUT2D eigenvalue weighted by molar-refractivity contribution is 4.96. The highest BCUT2D eigenvalue weighted by atomic mass is 16.7. The molecule has 35 heavy (non-hydrogen) atoms. The molecular formula is C23H42O12. The Balaban J connectivity index is 1.78. The van der Waals surface area contributed by atoms with Crippen LogP contribution in [-0.2, 0) is 23.7 Å². The van der Waals surface area contributed by atoms with Gasteiger partial charge in [0.1, 0.15) is 48.8 Å². The number of hydrogen-bond donors (Lipinski definition) is 7. The van der Waals surface area contributed by atoms with Gasteiger partial charge in [-0.3, -0.25) is 0 Å². The number of aliphatic hydroxyl groups excluding tert-OH is 7. The molecule has 0 bridgehead atoms. The van der Waals surface area contributed by atoms with E-state index in [0.717, 1.165) is 0 Å². The third-order valence-electron chi connectivity index (χ3n) is 7.46. The maximum atomic E-state index is 11.0. The summed E-state index contributed by atoms with van der Waals surface area (Å²) in [5.41, 5.74) is 0. The Bertz CT molecular complexity index is 650. The summed E-state index contributed by atoms with van der Waals surface area (Å²) in [4.78, 5) is 0. The first-order chi connectivity index (χ1) is 16.6. The first-order valence-electron chi connectivity index (χ1n) is 12.6. The van der Waals surface area contributed by atoms with E-state index in [1.54, 1.807) is 20.8 Å². The van der Waals surface area contributed by atoms with Gasteiger partial charge in [0.05, 0.1) is 31.0 Å². The lowest BCUT2D eigenvalue weighted by Gasteiger charge is -2.48. The zero-order chi connectivity index (χ0) is 26.0. The SMILES string of the molecule is CCC1OC(CO)[C@@H](O[C@@H]2O[C@@H](CC)C(O)C(OC3OC(CC)[C@H](O)[C@H](O)[C@@H]3O)C2O)[C@H](O)[C@@H]1C. The molecule has 7 unspecified atom stereocenters. The molecule has 206 valence electrons. The van der Waals surface area contributed by atoms with Crippen molar-refractivity contribution in [2.75, 3.05) is 6.61 Å². The molecule has 3 aliphatic heterocycles. The average molecular weight is 511 g/mol. The van der Waals surface area contributed by atoms with Gasteiger partial charge >= 0.3 is 0 Å². The normalized spacial score (nSPS) is 51.3. The van der Waals surface area contributed by atoms with E-state index >= 15 is 0 Å². The Labute approximate surface area is 205 Å². The smallest absolute Gasteiger partial charge is 0.187 e. The summed E-state index contributed by atoms with van der Waals surface area (Å²) in [6.45, 7) is 6.77. The van der Waals surface area contributed by atoms with Gasteiger partial charge in [-0.25, -0.2) is 0 Å². The zero-order valence-corrected chi connectivity index (χ0v) is 20.7. The molecule has 3 fully saturated rings. The summed E-state index contributed by atoms with van der Waals surface area (Å²) in [6.07, 6.45) is -15.1. The van der Waals surface area contributed by atoms with Crippen molar-refractivity contribution in [3.05, 3.63) is 0 Å². The van der Waals surface area contributed by atoms with E-state index in [0.29, 0.717) is 19.3 Å². The highest BCUT2D eigenvalue weighted by Crippen LogP contribution is 2.35. The molecule has 3 aliphatic rings. The molecular weight excluding hydrogens is 468 g/mol. The fourth-order valence-electron chi connectivity index (χ4n) is 5.14. The molecule has 0 radical (unpaired) electrons. The van der Waals surface area contributed by atoms with E-state index in [1.807, 2.05) is 6.92 Å². The van der Waals surface area contributed by atoms with Crippen LogP contribution in [0.1, 0.15) is 47.0 Å². The molecule has 0 aromatic rings. The first kappa shape index (κ1) is 29.1. The molecule has 0 aromatic carbocycles. The molecule has 7 N–H and O–H groups in total. The van der Waals surface area contributed by atoms with Gasteiger partial charge in [-0.15, -0.1) is 0 Å². The van der Waals surface area contributed by atoms with E-state index in [-0.39, 0.29) is 12.0 Å². The summed E-state index contributed by atoms with van der Waals surface area (Å²) < 4.78 is 29.0. The van der Waals surface area contributed by atoms with Crippen molar-refractivity contribution in [1.29, 1.82) is 0 Å². The minimum Gasteiger partial charge on any atom is -0.394 e. The van der Waals surface area contributed by atoms with Crippen LogP contribution >= 0.6 is 0 Å². The van der Waals surface area contributed by atoms with E-state index < -0.39 is 86.3 Å². The summed E-state index contributed by atoms with van der Waals surface area (Å²) in [7, 11) is 0. The quantitative estimate of drug-likeness (QED) is 0.191. The van der Waals surface area contributed by atoms with Gasteiger partial charge in [-0.1, -0.05) is 27.7 Å². The van der Waals surface area contributed by atoms with Crippen LogP contribution in [0.25, 0.3) is 0 Å². The van der Waals surface area contributed by atoms with Crippen molar-refractivity contribution < 1.29 is 59.4 Å². The van der Waals surface area contributed by atoms with E-state index in [9.17, 15) is 35.7 Å². The van der Waals surface area contributed by atoms with E-state index in [2.05, 4.69) is 0 Å². The van der Waals surface area contributed by atoms with Gasteiger partial charge in [0.2, 0.25) is 0 Å². The maximum absolute atomic E-state index is 11.0. The van der Waals surface area contributed by atoms with Crippen molar-refractivity contribution in [1.82, 2.24) is 0 Å². The first-order valence-corrected chi connectivity index (χ1v) is 12.6. The minimum absolute atomic E-state index is 0.279. The predicted molar refractivity (Wildman–Crippen MR) is 119 cm³/mol. The van der Waals surface area contributed by atoms with Crippen LogP contribution in [0.5, 0.6) is 0 Å². The third kappa shape index (κ3) is 5.84. The van der Waals surface area contributed by atoms with Crippen molar-refractivity contribution in [3.8, 4) is 0 Å². The van der Waals surface area contributed by atoms with Gasteiger partial charge in [-0.2, -0.15) is 0 Å². The lowest BCUT2D eigenvalue weighted by atomic mass is 9.86. The van der Waals surface area contributed by atoms with E-state index in [4.69, 9.17) is 23.7 Å². The van der Waals surface area contributed by atoms with E-state index in [1.165, 1.54) is 0 Å². The van der Waals surface area contributed by atoms with Gasteiger partial charge in [-0.05, 0) is 19.3 Å². The summed E-state index contributed by atoms with van der Waals surface area (Å²) in [5.74, 6) is -0.308. The molecule has 0 amide bonds. The summed E-state index contributed by atoms with van der Waals surface area (Å²) in [6, 6.07) is 0. The van der Waals surface area contributed by atoms with Gasteiger partial charge < -0.3 is 59.4 Å². The van der Waals surface area contributed by atoms with Gasteiger partial charge in [0.15, 0.2) is 12.6 Å². The number of hydrogen-bond acceptors (Lipinski definition) is 12. The molecule has 3 rings (SSSR count). The summed E-state index contributed by atoms with van der Waals surface area (Å²) >= 11 is 0. The second-order valence-corrected chi connectivity index (χ2v) is 9.71. The molecule has 0 aromatic heterocycles. The van der Waals surface area contributed by atoms with Crippen LogP contribution in [-0.4, -0.2) is 128 Å². The third-order valence-corrected chi connectivity index (χ3v) is 7.46. The van der Waals surface area contributed by atoms with Crippen LogP contribution in [0, 0.1) is 5.92 Å². The Morgan fingerprint density at radius 3 is 1.60 bits per heavy atom. The lowest BCUT2D eigenvalue weighted by Crippen LogP contribution is -2.65. The molecule has 15 atom stereocenters. The molecule has 0 saturated carbocycles. The standard InChI is InChI=1S/C23H42O12/c1-5-10-9(4)14(25)20(13(8-24)31-10)34-23-19(30)21(16(27)12(7-3)33-23)35-22-18(29)17(28)15(26)11(6-2)32-22/h9-30H,5-8H2,1-4H3/t9-,10?,11?,12+,13?,14-,15+,16?,17+,18+,19?,20-,21?,22?,23+/m1/s1. The van der Waals surface area contributed by atoms with Crippen LogP contribution in [0.2, 0.25) is 0 Å². The van der Waals surface area contributed by atoms with Crippen LogP contribution in [0.15, 0.2) is 0 Å². The van der Waals surface area contributed by atoms with Crippen LogP contribution < -0.4 is 0 Å². The fraction of sp³-hybridized carbons (Fsp3) is 1.00. The van der Waals surface area contributed by atoms with Crippen molar-refractivity contribution >= 4 is 0 Å². The monoisotopic (exact) mass is 510 g/mol. The average Bonchev–Trinajstić information content (AvgIpc) is 2.86. The maximum Gasteiger partial charge on any atom is 0.187 e. The minimum atomic E-state index is -1.63. The number of aliphatic hydroxyl groups is 7. The summed E-state index contributed by atoms with van der Waals surface area (Å²) in [5, 5.41) is 73.2. The second kappa shape index (κ2) is 12.4. The topological polar surface area (TPSA) is 188 Å². The predicted octanol–water partition coefficient (Wildman–Crippen LogP) is -2.00. The van der Waals surface area contributed by atoms with Crippen LogP contribution in [0.3, 0.4) is 0 Å². The fourth-order valence-corrected chi connectivity index (χ4v) is 5.14. The molecule has 3 saturated heterocycles. The Morgan fingerprint density at radius 1 is 0.543 bits per heavy atom. The molecule has 12 nitrogen and oxygen atoms in total. The van der Waals surface area contributed by atoms with Crippen molar-refractivity contribution in [2.45, 2.75) is 133 Å². The van der Waals surface area contributed by atoms with Crippen LogP contribution in [0.4, 0.5) is 0 Å². The Morgan fingerprint density at radius 2 is 1.06 bits per heavy atom. The zero-order valence-electron chi connectivity index (χ0n) is 20.7. The second-order valence-electron chi connectivity index (χ2n) is 9.71. The Hall–Kier alpha value is -0.480. The molecule has 0 aliphatic carbocycles. The lowest BCUT2D eigenvalue weighted by molar-refractivity contribution is -0.370. The number of rotatable bonds is 8. The van der Waals surface area contributed by atoms with Crippen molar-refractivity contribution in [3.63, 3.8) is 0 Å².